The minimum absolute atomic E-state index is 0.0157. The van der Waals surface area contributed by atoms with Gasteiger partial charge in [-0.3, -0.25) is 10.1 Å². The highest BCUT2D eigenvalue weighted by atomic mass is 19.1. The molecule has 0 atom stereocenters. The standard InChI is InChI=1S/C11H11FN2O4/c1-11(2-3-11)13-8-4-6(10(15)16)9(14(17)18)5-7(8)12/h4-5,13H,2-3H2,1H3,(H,15,16). The molecule has 0 aliphatic heterocycles. The Labute approximate surface area is 102 Å². The first-order valence-electron chi connectivity index (χ1n) is 5.32. The van der Waals surface area contributed by atoms with Crippen LogP contribution in [0.3, 0.4) is 0 Å². The molecule has 0 unspecified atom stereocenters. The number of carbonyl (C=O) groups is 1. The Kier molecular flexibility index (Phi) is 2.68. The van der Waals surface area contributed by atoms with Gasteiger partial charge in [0.1, 0.15) is 5.56 Å². The van der Waals surface area contributed by atoms with E-state index in [4.69, 9.17) is 5.11 Å². The first-order chi connectivity index (χ1) is 8.32. The summed E-state index contributed by atoms with van der Waals surface area (Å²) in [4.78, 5) is 20.7. The predicted octanol–water partition coefficient (Wildman–Crippen LogP) is 2.40. The van der Waals surface area contributed by atoms with Crippen LogP contribution in [0.15, 0.2) is 12.1 Å². The van der Waals surface area contributed by atoms with Gasteiger partial charge < -0.3 is 10.4 Å². The molecule has 0 bridgehead atoms. The highest BCUT2D eigenvalue weighted by Gasteiger charge is 2.38. The molecule has 1 saturated carbocycles. The van der Waals surface area contributed by atoms with Gasteiger partial charge in [-0.05, 0) is 25.8 Å². The van der Waals surface area contributed by atoms with Crippen LogP contribution in [0.2, 0.25) is 0 Å². The van der Waals surface area contributed by atoms with Gasteiger partial charge >= 0.3 is 5.97 Å². The Bertz CT molecular complexity index is 540. The summed E-state index contributed by atoms with van der Waals surface area (Å²) in [6.45, 7) is 1.87. The van der Waals surface area contributed by atoms with E-state index in [-0.39, 0.29) is 11.2 Å². The SMILES string of the molecule is CC1(Nc2cc(C(=O)O)c([N+](=O)[O-])cc2F)CC1. The molecule has 96 valence electrons. The van der Waals surface area contributed by atoms with Gasteiger partial charge in [0.2, 0.25) is 0 Å². The highest BCUT2D eigenvalue weighted by Crippen LogP contribution is 2.39. The predicted molar refractivity (Wildman–Crippen MR) is 61.3 cm³/mol. The number of nitrogens with one attached hydrogen (secondary N) is 1. The fraction of sp³-hybridized carbons (Fsp3) is 0.364. The van der Waals surface area contributed by atoms with Gasteiger partial charge in [0, 0.05) is 5.54 Å². The van der Waals surface area contributed by atoms with Crippen LogP contribution >= 0.6 is 0 Å². The number of nitro groups is 1. The quantitative estimate of drug-likeness (QED) is 0.635. The van der Waals surface area contributed by atoms with E-state index in [0.29, 0.717) is 6.07 Å². The van der Waals surface area contributed by atoms with Crippen LogP contribution in [0.1, 0.15) is 30.1 Å². The molecule has 0 aromatic heterocycles. The van der Waals surface area contributed by atoms with Crippen LogP contribution in [0, 0.1) is 15.9 Å². The van der Waals surface area contributed by atoms with E-state index in [9.17, 15) is 19.3 Å². The van der Waals surface area contributed by atoms with E-state index in [2.05, 4.69) is 5.32 Å². The number of hydrogen-bond acceptors (Lipinski definition) is 4. The van der Waals surface area contributed by atoms with Gasteiger partial charge in [0.05, 0.1) is 16.7 Å². The van der Waals surface area contributed by atoms with Gasteiger partial charge in [0.15, 0.2) is 5.82 Å². The second kappa shape index (κ2) is 3.94. The smallest absolute Gasteiger partial charge is 0.342 e. The number of benzene rings is 1. The van der Waals surface area contributed by atoms with E-state index in [0.717, 1.165) is 18.9 Å². The van der Waals surface area contributed by atoms with Crippen LogP contribution in [-0.4, -0.2) is 21.5 Å². The second-order valence-corrected chi connectivity index (χ2v) is 4.60. The Morgan fingerprint density at radius 2 is 2.17 bits per heavy atom. The zero-order valence-corrected chi connectivity index (χ0v) is 9.57. The Balaban J connectivity index is 2.46. The highest BCUT2D eigenvalue weighted by molar-refractivity contribution is 5.93. The van der Waals surface area contributed by atoms with E-state index in [1.54, 1.807) is 0 Å². The van der Waals surface area contributed by atoms with Crippen molar-refractivity contribution in [2.75, 3.05) is 5.32 Å². The average molecular weight is 254 g/mol. The summed E-state index contributed by atoms with van der Waals surface area (Å²) >= 11 is 0. The van der Waals surface area contributed by atoms with Crippen LogP contribution in [0.4, 0.5) is 15.8 Å². The third kappa shape index (κ3) is 2.24. The molecule has 0 amide bonds. The van der Waals surface area contributed by atoms with Gasteiger partial charge in [-0.2, -0.15) is 0 Å². The van der Waals surface area contributed by atoms with Gasteiger partial charge in [-0.1, -0.05) is 0 Å². The summed E-state index contributed by atoms with van der Waals surface area (Å²) in [6, 6.07) is 1.61. The van der Waals surface area contributed by atoms with Gasteiger partial charge in [0.25, 0.3) is 5.69 Å². The molecule has 0 heterocycles. The lowest BCUT2D eigenvalue weighted by Gasteiger charge is -2.14. The average Bonchev–Trinajstić information content (AvgIpc) is 2.98. The summed E-state index contributed by atoms with van der Waals surface area (Å²) in [7, 11) is 0. The topological polar surface area (TPSA) is 92.5 Å². The summed E-state index contributed by atoms with van der Waals surface area (Å²) in [5.74, 6) is -2.27. The van der Waals surface area contributed by atoms with E-state index >= 15 is 0 Å². The third-order valence-corrected chi connectivity index (χ3v) is 2.95. The number of carboxylic acid groups (broad SMARTS) is 1. The largest absolute Gasteiger partial charge is 0.477 e. The monoisotopic (exact) mass is 254 g/mol. The summed E-state index contributed by atoms with van der Waals surface area (Å²) < 4.78 is 13.7. The van der Waals surface area contributed by atoms with Gasteiger partial charge in [-0.25, -0.2) is 9.18 Å². The maximum atomic E-state index is 13.7. The van der Waals surface area contributed by atoms with E-state index in [1.807, 2.05) is 6.92 Å². The Morgan fingerprint density at radius 1 is 1.56 bits per heavy atom. The zero-order chi connectivity index (χ0) is 13.5. The van der Waals surface area contributed by atoms with Crippen molar-refractivity contribution in [2.24, 2.45) is 0 Å². The van der Waals surface area contributed by atoms with Crippen molar-refractivity contribution in [3.8, 4) is 0 Å². The third-order valence-electron chi connectivity index (χ3n) is 2.95. The minimum atomic E-state index is -1.45. The molecule has 0 radical (unpaired) electrons. The molecule has 18 heavy (non-hydrogen) atoms. The van der Waals surface area contributed by atoms with Crippen molar-refractivity contribution < 1.29 is 19.2 Å². The Morgan fingerprint density at radius 3 is 2.61 bits per heavy atom. The molecule has 0 spiro atoms. The molecule has 1 aliphatic rings. The molecular formula is C11H11FN2O4. The van der Waals surface area contributed by atoms with Crippen molar-refractivity contribution in [3.63, 3.8) is 0 Å². The lowest BCUT2D eigenvalue weighted by atomic mass is 10.1. The van der Waals surface area contributed by atoms with Crippen LogP contribution < -0.4 is 5.32 Å². The fourth-order valence-electron chi connectivity index (χ4n) is 1.62. The van der Waals surface area contributed by atoms with Crippen molar-refractivity contribution in [2.45, 2.75) is 25.3 Å². The summed E-state index contributed by atoms with van der Waals surface area (Å²) in [6.07, 6.45) is 1.71. The number of hydrogen-bond donors (Lipinski definition) is 2. The molecule has 2 N–H and O–H groups in total. The molecular weight excluding hydrogens is 243 g/mol. The molecule has 1 aliphatic carbocycles. The number of carboxylic acids is 1. The first-order valence-corrected chi connectivity index (χ1v) is 5.32. The van der Waals surface area contributed by atoms with Crippen molar-refractivity contribution in [1.82, 2.24) is 0 Å². The lowest BCUT2D eigenvalue weighted by Crippen LogP contribution is -2.18. The van der Waals surface area contributed by atoms with Crippen molar-refractivity contribution >= 4 is 17.3 Å². The number of halogens is 1. The normalized spacial score (nSPS) is 16.1. The molecule has 6 nitrogen and oxygen atoms in total. The first kappa shape index (κ1) is 12.3. The lowest BCUT2D eigenvalue weighted by molar-refractivity contribution is -0.385. The summed E-state index contributed by atoms with van der Waals surface area (Å²) in [5, 5.41) is 22.4. The molecule has 0 saturated heterocycles. The maximum Gasteiger partial charge on any atom is 0.342 e. The zero-order valence-electron chi connectivity index (χ0n) is 9.57. The second-order valence-electron chi connectivity index (χ2n) is 4.60. The van der Waals surface area contributed by atoms with Crippen LogP contribution in [0.5, 0.6) is 0 Å². The van der Waals surface area contributed by atoms with Gasteiger partial charge in [-0.15, -0.1) is 0 Å². The number of rotatable bonds is 4. The molecule has 2 rings (SSSR count). The minimum Gasteiger partial charge on any atom is -0.477 e. The molecule has 1 aromatic rings. The fourth-order valence-corrected chi connectivity index (χ4v) is 1.62. The summed E-state index contributed by atoms with van der Waals surface area (Å²) in [5.41, 5.74) is -1.52. The number of nitro benzene ring substituents is 1. The number of anilines is 1. The number of nitrogens with zero attached hydrogens (tertiary/aromatic N) is 1. The van der Waals surface area contributed by atoms with Crippen LogP contribution in [-0.2, 0) is 0 Å². The van der Waals surface area contributed by atoms with Crippen LogP contribution in [0.25, 0.3) is 0 Å². The molecule has 1 aromatic carbocycles. The molecule has 1 fully saturated rings. The van der Waals surface area contributed by atoms with E-state index in [1.165, 1.54) is 0 Å². The van der Waals surface area contributed by atoms with Crippen molar-refractivity contribution in [1.29, 1.82) is 0 Å². The Hall–Kier alpha value is -2.18. The van der Waals surface area contributed by atoms with Crippen molar-refractivity contribution in [3.05, 3.63) is 33.6 Å². The number of aromatic carboxylic acids is 1. The maximum absolute atomic E-state index is 13.7. The van der Waals surface area contributed by atoms with E-state index < -0.39 is 28.0 Å². The molecule has 7 heteroatoms.